The van der Waals surface area contributed by atoms with Gasteiger partial charge in [-0.25, -0.2) is 14.2 Å². The molecule has 19 heavy (non-hydrogen) atoms. The average Bonchev–Trinajstić information content (AvgIpc) is 2.91. The molecule has 3 rings (SSSR count). The lowest BCUT2D eigenvalue weighted by atomic mass is 10.3. The SMILES string of the molecule is Cn1nc(C(=O)O)cc1-c1cn2cc(F)ccc2n1. The van der Waals surface area contributed by atoms with E-state index in [-0.39, 0.29) is 11.5 Å². The molecule has 1 N–H and O–H groups in total. The molecule has 3 aromatic rings. The van der Waals surface area contributed by atoms with Gasteiger partial charge in [0.25, 0.3) is 0 Å². The number of aromatic nitrogens is 4. The van der Waals surface area contributed by atoms with Crippen molar-refractivity contribution in [3.05, 3.63) is 42.1 Å². The van der Waals surface area contributed by atoms with Crippen molar-refractivity contribution in [3.8, 4) is 11.4 Å². The number of carboxylic acids is 1. The van der Waals surface area contributed by atoms with Crippen molar-refractivity contribution < 1.29 is 14.3 Å². The first-order chi connectivity index (χ1) is 9.04. The molecule has 0 atom stereocenters. The summed E-state index contributed by atoms with van der Waals surface area (Å²) in [5.41, 5.74) is 1.62. The maximum atomic E-state index is 13.1. The van der Waals surface area contributed by atoms with E-state index in [1.807, 2.05) is 0 Å². The smallest absolute Gasteiger partial charge is 0.356 e. The highest BCUT2D eigenvalue weighted by Crippen LogP contribution is 2.20. The van der Waals surface area contributed by atoms with Gasteiger partial charge in [-0.05, 0) is 12.1 Å². The van der Waals surface area contributed by atoms with Crippen molar-refractivity contribution in [2.24, 2.45) is 7.05 Å². The quantitative estimate of drug-likeness (QED) is 0.759. The number of hydrogen-bond donors (Lipinski definition) is 1. The van der Waals surface area contributed by atoms with E-state index < -0.39 is 5.97 Å². The Balaban J connectivity index is 2.16. The zero-order chi connectivity index (χ0) is 13.6. The summed E-state index contributed by atoms with van der Waals surface area (Å²) >= 11 is 0. The summed E-state index contributed by atoms with van der Waals surface area (Å²) in [6.07, 6.45) is 2.93. The molecule has 0 aliphatic heterocycles. The number of carboxylic acid groups (broad SMARTS) is 1. The van der Waals surface area contributed by atoms with E-state index in [9.17, 15) is 9.18 Å². The molecule has 0 amide bonds. The van der Waals surface area contributed by atoms with Crippen LogP contribution in [0.5, 0.6) is 0 Å². The number of aromatic carboxylic acids is 1. The summed E-state index contributed by atoms with van der Waals surface area (Å²) < 4.78 is 16.1. The van der Waals surface area contributed by atoms with Gasteiger partial charge < -0.3 is 9.51 Å². The number of imidazole rings is 1. The molecule has 0 fully saturated rings. The third-order valence-corrected chi connectivity index (χ3v) is 2.78. The lowest BCUT2D eigenvalue weighted by Gasteiger charge is -1.94. The Bertz CT molecular complexity index is 790. The molecule has 96 valence electrons. The molecule has 7 heteroatoms. The van der Waals surface area contributed by atoms with Gasteiger partial charge in [-0.1, -0.05) is 0 Å². The number of carbonyl (C=O) groups is 1. The van der Waals surface area contributed by atoms with Gasteiger partial charge in [0.15, 0.2) is 5.69 Å². The maximum Gasteiger partial charge on any atom is 0.356 e. The van der Waals surface area contributed by atoms with Crippen molar-refractivity contribution in [1.29, 1.82) is 0 Å². The number of aryl methyl sites for hydroxylation is 1. The topological polar surface area (TPSA) is 72.4 Å². The monoisotopic (exact) mass is 260 g/mol. The van der Waals surface area contributed by atoms with Crippen LogP contribution < -0.4 is 0 Å². The molecule has 0 aromatic carbocycles. The van der Waals surface area contributed by atoms with Crippen LogP contribution in [0.15, 0.2) is 30.6 Å². The minimum Gasteiger partial charge on any atom is -0.476 e. The second kappa shape index (κ2) is 3.91. The standard InChI is InChI=1S/C12H9FN4O2/c1-16-10(4-8(15-16)12(18)19)9-6-17-5-7(13)2-3-11(17)14-9/h2-6H,1H3,(H,18,19). The van der Waals surface area contributed by atoms with E-state index in [2.05, 4.69) is 10.1 Å². The van der Waals surface area contributed by atoms with Crippen LogP contribution in [0.25, 0.3) is 17.0 Å². The highest BCUT2D eigenvalue weighted by atomic mass is 19.1. The third-order valence-electron chi connectivity index (χ3n) is 2.78. The molecular weight excluding hydrogens is 251 g/mol. The lowest BCUT2D eigenvalue weighted by Crippen LogP contribution is -1.99. The van der Waals surface area contributed by atoms with E-state index in [0.29, 0.717) is 17.0 Å². The van der Waals surface area contributed by atoms with Crippen molar-refractivity contribution in [2.45, 2.75) is 0 Å². The van der Waals surface area contributed by atoms with Crippen LogP contribution in [-0.2, 0) is 7.05 Å². The molecule has 0 saturated heterocycles. The van der Waals surface area contributed by atoms with E-state index in [4.69, 9.17) is 5.11 Å². The highest BCUT2D eigenvalue weighted by Gasteiger charge is 2.15. The summed E-state index contributed by atoms with van der Waals surface area (Å²) in [6.45, 7) is 0. The first-order valence-electron chi connectivity index (χ1n) is 5.46. The van der Waals surface area contributed by atoms with Crippen LogP contribution in [0.1, 0.15) is 10.5 Å². The third kappa shape index (κ3) is 1.85. The fourth-order valence-electron chi connectivity index (χ4n) is 1.90. The summed E-state index contributed by atoms with van der Waals surface area (Å²) in [5.74, 6) is -1.47. The number of nitrogens with zero attached hydrogens (tertiary/aromatic N) is 4. The molecule has 0 aliphatic rings. The Morgan fingerprint density at radius 1 is 1.37 bits per heavy atom. The summed E-state index contributed by atoms with van der Waals surface area (Å²) in [5, 5.41) is 12.8. The van der Waals surface area contributed by atoms with Crippen molar-refractivity contribution >= 4 is 11.6 Å². The minimum atomic E-state index is -1.10. The first-order valence-corrected chi connectivity index (χ1v) is 5.46. The number of hydrogen-bond acceptors (Lipinski definition) is 3. The summed E-state index contributed by atoms with van der Waals surface area (Å²) in [7, 11) is 1.63. The molecule has 6 nitrogen and oxygen atoms in total. The van der Waals surface area contributed by atoms with Crippen molar-refractivity contribution in [2.75, 3.05) is 0 Å². The van der Waals surface area contributed by atoms with Gasteiger partial charge >= 0.3 is 5.97 Å². The van der Waals surface area contributed by atoms with Crippen LogP contribution in [-0.4, -0.2) is 30.2 Å². The Kier molecular flexibility index (Phi) is 2.34. The lowest BCUT2D eigenvalue weighted by molar-refractivity contribution is 0.0689. The maximum absolute atomic E-state index is 13.1. The van der Waals surface area contributed by atoms with E-state index >= 15 is 0 Å². The molecule has 0 bridgehead atoms. The number of fused-ring (bicyclic) bond motifs is 1. The summed E-state index contributed by atoms with van der Waals surface area (Å²) in [6, 6.07) is 4.30. The van der Waals surface area contributed by atoms with Crippen molar-refractivity contribution in [1.82, 2.24) is 19.2 Å². The Morgan fingerprint density at radius 2 is 2.16 bits per heavy atom. The highest BCUT2D eigenvalue weighted by molar-refractivity contribution is 5.86. The molecule has 0 saturated carbocycles. The zero-order valence-corrected chi connectivity index (χ0v) is 9.91. The van der Waals surface area contributed by atoms with E-state index in [1.54, 1.807) is 19.3 Å². The van der Waals surface area contributed by atoms with Gasteiger partial charge in [-0.3, -0.25) is 4.68 Å². The minimum absolute atomic E-state index is 0.0549. The fourth-order valence-corrected chi connectivity index (χ4v) is 1.90. The Hall–Kier alpha value is -2.70. The Morgan fingerprint density at radius 3 is 2.84 bits per heavy atom. The molecule has 0 radical (unpaired) electrons. The first kappa shape index (κ1) is 11.4. The second-order valence-corrected chi connectivity index (χ2v) is 4.08. The summed E-state index contributed by atoms with van der Waals surface area (Å²) in [4.78, 5) is 15.2. The fraction of sp³-hybridized carbons (Fsp3) is 0.0833. The van der Waals surface area contributed by atoms with Gasteiger partial charge in [0.1, 0.15) is 17.2 Å². The number of rotatable bonds is 2. The Labute approximate surface area is 106 Å². The van der Waals surface area contributed by atoms with E-state index in [1.165, 1.54) is 27.4 Å². The van der Waals surface area contributed by atoms with Gasteiger partial charge in [0.05, 0.1) is 5.69 Å². The van der Waals surface area contributed by atoms with Crippen LogP contribution in [0, 0.1) is 5.82 Å². The normalized spacial score (nSPS) is 11.1. The molecule has 0 aliphatic carbocycles. The van der Waals surface area contributed by atoms with Gasteiger partial charge in [0.2, 0.25) is 0 Å². The second-order valence-electron chi connectivity index (χ2n) is 4.08. The van der Waals surface area contributed by atoms with Crippen LogP contribution in [0.3, 0.4) is 0 Å². The van der Waals surface area contributed by atoms with Crippen LogP contribution >= 0.6 is 0 Å². The zero-order valence-electron chi connectivity index (χ0n) is 9.91. The molecule has 0 unspecified atom stereocenters. The molecule has 3 heterocycles. The molecule has 0 spiro atoms. The predicted molar refractivity (Wildman–Crippen MR) is 64.3 cm³/mol. The largest absolute Gasteiger partial charge is 0.476 e. The molecule has 3 aromatic heterocycles. The number of halogens is 1. The van der Waals surface area contributed by atoms with E-state index in [0.717, 1.165) is 0 Å². The number of pyridine rings is 1. The average molecular weight is 260 g/mol. The van der Waals surface area contributed by atoms with Gasteiger partial charge in [-0.15, -0.1) is 0 Å². The molecular formula is C12H9FN4O2. The van der Waals surface area contributed by atoms with Crippen LogP contribution in [0.4, 0.5) is 4.39 Å². The van der Waals surface area contributed by atoms with Gasteiger partial charge in [0, 0.05) is 25.5 Å². The predicted octanol–water partition coefficient (Wildman–Crippen LogP) is 1.57. The van der Waals surface area contributed by atoms with Crippen molar-refractivity contribution in [3.63, 3.8) is 0 Å². The van der Waals surface area contributed by atoms with Gasteiger partial charge in [-0.2, -0.15) is 5.10 Å². The van der Waals surface area contributed by atoms with Crippen LogP contribution in [0.2, 0.25) is 0 Å².